The van der Waals surface area contributed by atoms with Crippen LogP contribution in [-0.2, 0) is 9.53 Å². The van der Waals surface area contributed by atoms with Crippen molar-refractivity contribution < 1.29 is 9.53 Å². The fraction of sp³-hybridized carbons (Fsp3) is 0.875. The molecule has 3 nitrogen and oxygen atoms in total. The van der Waals surface area contributed by atoms with E-state index in [0.717, 1.165) is 32.2 Å². The van der Waals surface area contributed by atoms with Gasteiger partial charge in [-0.1, -0.05) is 6.92 Å². The van der Waals surface area contributed by atoms with Gasteiger partial charge in [0.2, 0.25) is 0 Å². The summed E-state index contributed by atoms with van der Waals surface area (Å²) in [6.07, 6.45) is 2.93. The van der Waals surface area contributed by atoms with Gasteiger partial charge in [-0.2, -0.15) is 0 Å². The third kappa shape index (κ3) is 9.59. The summed E-state index contributed by atoms with van der Waals surface area (Å²) in [5.41, 5.74) is 0. The summed E-state index contributed by atoms with van der Waals surface area (Å²) in [4.78, 5) is 9.80. The molecule has 0 amide bonds. The number of nitrogens with one attached hydrogen (secondary N) is 1. The van der Waals surface area contributed by atoms with Crippen molar-refractivity contribution in [2.75, 3.05) is 26.3 Å². The van der Waals surface area contributed by atoms with E-state index in [1.165, 1.54) is 0 Å². The van der Waals surface area contributed by atoms with E-state index < -0.39 is 0 Å². The number of rotatable bonds is 8. The molecule has 0 aliphatic rings. The summed E-state index contributed by atoms with van der Waals surface area (Å²) in [5, 5.41) is 3.21. The maximum atomic E-state index is 9.80. The second kappa shape index (κ2) is 9.59. The molecule has 0 aromatic carbocycles. The lowest BCUT2D eigenvalue weighted by molar-refractivity contribution is -0.111. The van der Waals surface area contributed by atoms with E-state index in [2.05, 4.69) is 12.2 Å². The Morgan fingerprint density at radius 2 is 2.27 bits per heavy atom. The lowest BCUT2D eigenvalue weighted by atomic mass is 10.3. The van der Waals surface area contributed by atoms with Crippen molar-refractivity contribution in [3.8, 4) is 0 Å². The first-order chi connectivity index (χ1) is 5.41. The minimum absolute atomic E-state index is 0.237. The lowest BCUT2D eigenvalue weighted by Gasteiger charge is -2.00. The van der Waals surface area contributed by atoms with Crippen LogP contribution in [0.3, 0.4) is 0 Å². The topological polar surface area (TPSA) is 38.3 Å². The van der Waals surface area contributed by atoms with Gasteiger partial charge in [0.15, 0.2) is 0 Å². The van der Waals surface area contributed by atoms with E-state index in [1.54, 1.807) is 0 Å². The molecule has 0 aliphatic heterocycles. The summed E-state index contributed by atoms with van der Waals surface area (Å²) in [6, 6.07) is 0. The zero-order chi connectivity index (χ0) is 8.36. The normalized spacial score (nSPS) is 9.91. The van der Waals surface area contributed by atoms with Gasteiger partial charge >= 0.3 is 0 Å². The average Bonchev–Trinajstić information content (AvgIpc) is 2.03. The summed E-state index contributed by atoms with van der Waals surface area (Å²) in [7, 11) is 0. The molecule has 0 aromatic heterocycles. The number of aldehydes is 1. The predicted octanol–water partition coefficient (Wildman–Crippen LogP) is 0.592. The Balaban J connectivity index is 2.74. The summed E-state index contributed by atoms with van der Waals surface area (Å²) >= 11 is 0. The van der Waals surface area contributed by atoms with Gasteiger partial charge in [-0.15, -0.1) is 0 Å². The smallest absolute Gasteiger partial charge is 0.145 e. The Kier molecular flexibility index (Phi) is 9.23. The van der Waals surface area contributed by atoms with E-state index in [9.17, 15) is 4.79 Å². The van der Waals surface area contributed by atoms with Gasteiger partial charge in [0.05, 0.1) is 0 Å². The van der Waals surface area contributed by atoms with Gasteiger partial charge in [-0.05, 0) is 25.9 Å². The SMILES string of the molecule is CCNCCCCOCC=O. The third-order valence-electron chi connectivity index (χ3n) is 1.33. The minimum atomic E-state index is 0.237. The standard InChI is InChI=1S/C8H17NO2/c1-2-9-5-3-4-7-11-8-6-10/h6,9H,2-5,7-8H2,1H3. The van der Waals surface area contributed by atoms with Crippen molar-refractivity contribution >= 4 is 6.29 Å². The molecule has 0 heterocycles. The average molecular weight is 159 g/mol. The molecule has 11 heavy (non-hydrogen) atoms. The van der Waals surface area contributed by atoms with Crippen LogP contribution in [-0.4, -0.2) is 32.6 Å². The molecule has 0 fully saturated rings. The molecule has 0 rings (SSSR count). The molecule has 0 unspecified atom stereocenters. The molecular weight excluding hydrogens is 142 g/mol. The van der Waals surface area contributed by atoms with Crippen LogP contribution in [0, 0.1) is 0 Å². The monoisotopic (exact) mass is 159 g/mol. The molecule has 0 saturated heterocycles. The Labute approximate surface area is 68.1 Å². The van der Waals surface area contributed by atoms with Crippen LogP contribution in [0.4, 0.5) is 0 Å². The summed E-state index contributed by atoms with van der Waals surface area (Å²) < 4.78 is 4.97. The van der Waals surface area contributed by atoms with Crippen LogP contribution in [0.5, 0.6) is 0 Å². The second-order valence-electron chi connectivity index (χ2n) is 2.30. The highest BCUT2D eigenvalue weighted by Crippen LogP contribution is 1.87. The van der Waals surface area contributed by atoms with Gasteiger partial charge < -0.3 is 14.8 Å². The molecule has 0 atom stereocenters. The largest absolute Gasteiger partial charge is 0.374 e. The Morgan fingerprint density at radius 3 is 2.91 bits per heavy atom. The predicted molar refractivity (Wildman–Crippen MR) is 44.7 cm³/mol. The van der Waals surface area contributed by atoms with E-state index in [1.807, 2.05) is 0 Å². The Morgan fingerprint density at radius 1 is 1.45 bits per heavy atom. The van der Waals surface area contributed by atoms with Gasteiger partial charge in [-0.25, -0.2) is 0 Å². The highest BCUT2D eigenvalue weighted by molar-refractivity contribution is 5.50. The van der Waals surface area contributed by atoms with E-state index in [4.69, 9.17) is 4.74 Å². The molecule has 0 aromatic rings. The highest BCUT2D eigenvalue weighted by atomic mass is 16.5. The van der Waals surface area contributed by atoms with Crippen molar-refractivity contribution in [2.45, 2.75) is 19.8 Å². The Bertz CT molecular complexity index is 86.2. The molecule has 3 heteroatoms. The van der Waals surface area contributed by atoms with Crippen LogP contribution in [0.15, 0.2) is 0 Å². The summed E-state index contributed by atoms with van der Waals surface area (Å²) in [6.45, 7) is 5.09. The number of unbranched alkanes of at least 4 members (excludes halogenated alkanes) is 1. The van der Waals surface area contributed by atoms with Gasteiger partial charge in [-0.3, -0.25) is 0 Å². The summed E-state index contributed by atoms with van der Waals surface area (Å²) in [5.74, 6) is 0. The number of ether oxygens (including phenoxy) is 1. The van der Waals surface area contributed by atoms with E-state index in [-0.39, 0.29) is 6.61 Å². The van der Waals surface area contributed by atoms with Crippen molar-refractivity contribution in [3.05, 3.63) is 0 Å². The van der Waals surface area contributed by atoms with Crippen molar-refractivity contribution in [1.29, 1.82) is 0 Å². The van der Waals surface area contributed by atoms with Gasteiger partial charge in [0.25, 0.3) is 0 Å². The molecule has 0 saturated carbocycles. The Hall–Kier alpha value is -0.410. The van der Waals surface area contributed by atoms with E-state index in [0.29, 0.717) is 6.61 Å². The van der Waals surface area contributed by atoms with Crippen molar-refractivity contribution in [2.24, 2.45) is 0 Å². The maximum Gasteiger partial charge on any atom is 0.145 e. The number of carbonyl (C=O) groups excluding carboxylic acids is 1. The molecule has 0 bridgehead atoms. The number of hydrogen-bond acceptors (Lipinski definition) is 3. The molecule has 0 radical (unpaired) electrons. The second-order valence-corrected chi connectivity index (χ2v) is 2.30. The number of hydrogen-bond donors (Lipinski definition) is 1. The van der Waals surface area contributed by atoms with Crippen LogP contribution in [0.25, 0.3) is 0 Å². The fourth-order valence-corrected chi connectivity index (χ4v) is 0.762. The van der Waals surface area contributed by atoms with Crippen molar-refractivity contribution in [3.63, 3.8) is 0 Å². The molecule has 0 spiro atoms. The maximum absolute atomic E-state index is 9.80. The van der Waals surface area contributed by atoms with Crippen LogP contribution in [0.1, 0.15) is 19.8 Å². The zero-order valence-electron chi connectivity index (χ0n) is 7.14. The van der Waals surface area contributed by atoms with Crippen LogP contribution in [0.2, 0.25) is 0 Å². The highest BCUT2D eigenvalue weighted by Gasteiger charge is 1.87. The quantitative estimate of drug-likeness (QED) is 0.416. The molecule has 1 N–H and O–H groups in total. The molecular formula is C8H17NO2. The minimum Gasteiger partial charge on any atom is -0.374 e. The number of carbonyl (C=O) groups is 1. The van der Waals surface area contributed by atoms with Gasteiger partial charge in [0.1, 0.15) is 12.9 Å². The third-order valence-corrected chi connectivity index (χ3v) is 1.33. The first-order valence-electron chi connectivity index (χ1n) is 4.14. The zero-order valence-corrected chi connectivity index (χ0v) is 7.14. The fourth-order valence-electron chi connectivity index (χ4n) is 0.762. The van der Waals surface area contributed by atoms with E-state index >= 15 is 0 Å². The molecule has 0 aliphatic carbocycles. The van der Waals surface area contributed by atoms with Crippen LogP contribution >= 0.6 is 0 Å². The first-order valence-corrected chi connectivity index (χ1v) is 4.14. The van der Waals surface area contributed by atoms with Crippen LogP contribution < -0.4 is 5.32 Å². The lowest BCUT2D eigenvalue weighted by Crippen LogP contribution is -2.14. The van der Waals surface area contributed by atoms with Crippen molar-refractivity contribution in [1.82, 2.24) is 5.32 Å². The van der Waals surface area contributed by atoms with Gasteiger partial charge in [0, 0.05) is 6.61 Å². The first kappa shape index (κ1) is 10.6. The molecule has 66 valence electrons.